The number of methoxy groups -OCH3 is 1. The molecule has 12 heteroatoms. The normalized spacial score (nSPS) is 14.9. The Morgan fingerprint density at radius 1 is 1.12 bits per heavy atom. The van der Waals surface area contributed by atoms with Crippen molar-refractivity contribution in [1.82, 2.24) is 4.57 Å². The summed E-state index contributed by atoms with van der Waals surface area (Å²) in [6, 6.07) is 15.0. The number of nitro benzene ring substituents is 1. The van der Waals surface area contributed by atoms with E-state index in [9.17, 15) is 24.5 Å². The van der Waals surface area contributed by atoms with Gasteiger partial charge in [0.05, 0.1) is 45.5 Å². The predicted molar refractivity (Wildman–Crippen MR) is 154 cm³/mol. The van der Waals surface area contributed by atoms with Crippen LogP contribution in [0.15, 0.2) is 86.1 Å². The number of ether oxygens (including phenoxy) is 2. The van der Waals surface area contributed by atoms with Gasteiger partial charge in [0.25, 0.3) is 11.2 Å². The second-order valence-electron chi connectivity index (χ2n) is 9.66. The molecule has 1 aliphatic heterocycles. The molecule has 0 N–H and O–H groups in total. The fraction of sp³-hybridized carbons (Fsp3) is 0.200. The molecule has 11 nitrogen and oxygen atoms in total. The first-order chi connectivity index (χ1) is 20.1. The topological polar surface area (TPSA) is 143 Å². The van der Waals surface area contributed by atoms with E-state index in [0.29, 0.717) is 43.2 Å². The molecule has 2 aromatic carbocycles. The van der Waals surface area contributed by atoms with Gasteiger partial charge in [-0.2, -0.15) is 0 Å². The van der Waals surface area contributed by atoms with Gasteiger partial charge in [0.15, 0.2) is 4.80 Å². The monoisotopic (exact) mass is 587 g/mol. The Morgan fingerprint density at radius 3 is 2.52 bits per heavy atom. The molecule has 1 atom stereocenters. The zero-order valence-corrected chi connectivity index (χ0v) is 23.8. The van der Waals surface area contributed by atoms with Crippen molar-refractivity contribution in [3.8, 4) is 11.3 Å². The number of esters is 2. The molecule has 0 saturated carbocycles. The molecule has 0 bridgehead atoms. The zero-order chi connectivity index (χ0) is 30.1. The molecule has 2 aromatic heterocycles. The van der Waals surface area contributed by atoms with Crippen LogP contribution < -0.4 is 14.9 Å². The van der Waals surface area contributed by atoms with E-state index >= 15 is 0 Å². The Bertz CT molecular complexity index is 1930. The molecule has 0 aliphatic carbocycles. The van der Waals surface area contributed by atoms with Crippen LogP contribution in [0.3, 0.4) is 0 Å². The lowest BCUT2D eigenvalue weighted by Crippen LogP contribution is -2.40. The van der Waals surface area contributed by atoms with E-state index in [1.165, 1.54) is 23.8 Å². The van der Waals surface area contributed by atoms with Crippen LogP contribution in [0.2, 0.25) is 0 Å². The highest BCUT2D eigenvalue weighted by atomic mass is 32.1. The van der Waals surface area contributed by atoms with Crippen LogP contribution in [0, 0.1) is 10.1 Å². The van der Waals surface area contributed by atoms with Crippen LogP contribution in [0.4, 0.5) is 5.69 Å². The van der Waals surface area contributed by atoms with Crippen LogP contribution in [0.25, 0.3) is 17.4 Å². The van der Waals surface area contributed by atoms with E-state index in [2.05, 4.69) is 4.99 Å². The van der Waals surface area contributed by atoms with Gasteiger partial charge in [0, 0.05) is 23.8 Å². The van der Waals surface area contributed by atoms with Crippen LogP contribution in [0.1, 0.15) is 48.5 Å². The lowest BCUT2D eigenvalue weighted by molar-refractivity contribution is -0.384. The molecule has 0 radical (unpaired) electrons. The summed E-state index contributed by atoms with van der Waals surface area (Å²) < 4.78 is 17.9. The summed E-state index contributed by atoms with van der Waals surface area (Å²) in [6.45, 7) is 5.14. The van der Waals surface area contributed by atoms with Gasteiger partial charge >= 0.3 is 11.9 Å². The molecule has 3 heterocycles. The second kappa shape index (κ2) is 11.4. The first-order valence-electron chi connectivity index (χ1n) is 12.8. The summed E-state index contributed by atoms with van der Waals surface area (Å²) in [5.41, 5.74) is 1.55. The number of hydrogen-bond acceptors (Lipinski definition) is 10. The molecule has 42 heavy (non-hydrogen) atoms. The predicted octanol–water partition coefficient (Wildman–Crippen LogP) is 4.14. The van der Waals surface area contributed by atoms with Gasteiger partial charge in [-0.3, -0.25) is 19.5 Å². The van der Waals surface area contributed by atoms with Crippen molar-refractivity contribution in [2.45, 2.75) is 32.9 Å². The van der Waals surface area contributed by atoms with Gasteiger partial charge in [-0.1, -0.05) is 35.6 Å². The summed E-state index contributed by atoms with van der Waals surface area (Å²) in [5, 5.41) is 11.2. The smallest absolute Gasteiger partial charge is 0.338 e. The Balaban J connectivity index is 1.61. The van der Waals surface area contributed by atoms with E-state index < -0.39 is 34.6 Å². The maximum atomic E-state index is 13.8. The molecule has 4 aromatic rings. The molecule has 1 unspecified atom stereocenters. The lowest BCUT2D eigenvalue weighted by atomic mass is 9.95. The van der Waals surface area contributed by atoms with Crippen molar-refractivity contribution >= 4 is 35.0 Å². The SMILES string of the molecule is COC(=O)c1ccc(C2C(C(=O)OC(C)C)=C(C)N=c3sc(=Cc4ccc(-c5cccc([N+](=O)[O-])c5)o4)c(=O)n32)cc1. The van der Waals surface area contributed by atoms with Crippen molar-refractivity contribution in [3.63, 3.8) is 0 Å². The average molecular weight is 588 g/mol. The summed E-state index contributed by atoms with van der Waals surface area (Å²) in [7, 11) is 1.28. The Morgan fingerprint density at radius 2 is 1.86 bits per heavy atom. The highest BCUT2D eigenvalue weighted by Gasteiger charge is 2.34. The van der Waals surface area contributed by atoms with Crippen molar-refractivity contribution in [3.05, 3.63) is 119 Å². The van der Waals surface area contributed by atoms with E-state index in [0.717, 1.165) is 11.3 Å². The van der Waals surface area contributed by atoms with Crippen LogP contribution in [-0.4, -0.2) is 34.6 Å². The van der Waals surface area contributed by atoms with Gasteiger partial charge in [-0.05, 0) is 50.6 Å². The number of carbonyl (C=O) groups is 2. The highest BCUT2D eigenvalue weighted by molar-refractivity contribution is 7.07. The Kier molecular flexibility index (Phi) is 7.72. The number of nitro groups is 1. The van der Waals surface area contributed by atoms with Crippen LogP contribution in [-0.2, 0) is 14.3 Å². The fourth-order valence-corrected chi connectivity index (χ4v) is 5.61. The number of thiazole rings is 1. The van der Waals surface area contributed by atoms with Crippen molar-refractivity contribution in [1.29, 1.82) is 0 Å². The number of furan rings is 1. The number of fused-ring (bicyclic) bond motifs is 1. The maximum Gasteiger partial charge on any atom is 0.338 e. The molecule has 5 rings (SSSR count). The van der Waals surface area contributed by atoms with E-state index in [4.69, 9.17) is 13.9 Å². The number of rotatable bonds is 7. The number of benzene rings is 2. The first-order valence-corrected chi connectivity index (χ1v) is 13.7. The summed E-state index contributed by atoms with van der Waals surface area (Å²) >= 11 is 1.13. The summed E-state index contributed by atoms with van der Waals surface area (Å²) in [4.78, 5) is 54.7. The van der Waals surface area contributed by atoms with Gasteiger partial charge in [0.2, 0.25) is 0 Å². The minimum absolute atomic E-state index is 0.0689. The number of non-ortho nitro benzene ring substituents is 1. The van der Waals surface area contributed by atoms with Gasteiger partial charge < -0.3 is 13.9 Å². The Hall–Kier alpha value is -5.10. The number of aromatic nitrogens is 1. The average Bonchev–Trinajstić information content (AvgIpc) is 3.55. The number of carbonyl (C=O) groups excluding carboxylic acids is 2. The fourth-order valence-electron chi connectivity index (χ4n) is 4.58. The third-order valence-electron chi connectivity index (χ3n) is 6.47. The van der Waals surface area contributed by atoms with Crippen molar-refractivity contribution in [2.24, 2.45) is 4.99 Å². The quantitative estimate of drug-likeness (QED) is 0.178. The molecule has 0 saturated heterocycles. The molecule has 0 amide bonds. The van der Waals surface area contributed by atoms with Gasteiger partial charge in [-0.25, -0.2) is 14.6 Å². The third kappa shape index (κ3) is 5.44. The summed E-state index contributed by atoms with van der Waals surface area (Å²) in [5.74, 6) is -0.360. The molecule has 0 fully saturated rings. The molecule has 1 aliphatic rings. The van der Waals surface area contributed by atoms with Gasteiger partial charge in [0.1, 0.15) is 11.5 Å². The zero-order valence-electron chi connectivity index (χ0n) is 23.0. The Labute approximate surface area is 242 Å². The molecular formula is C30H25N3O8S. The third-order valence-corrected chi connectivity index (χ3v) is 7.46. The standard InChI is InChI=1S/C30H25N3O8S/c1-16(2)40-29(36)25-17(3)31-30-32(26(25)18-8-10-19(11-9-18)28(35)39-4)27(34)24(42-30)15-22-12-13-23(41-22)20-6-5-7-21(14-20)33(37)38/h5-16,26H,1-4H3. The molecule has 0 spiro atoms. The lowest BCUT2D eigenvalue weighted by Gasteiger charge is -2.25. The second-order valence-corrected chi connectivity index (χ2v) is 10.7. The minimum atomic E-state index is -0.863. The van der Waals surface area contributed by atoms with Crippen LogP contribution in [0.5, 0.6) is 0 Å². The largest absolute Gasteiger partial charge is 0.465 e. The van der Waals surface area contributed by atoms with E-state index in [-0.39, 0.29) is 11.3 Å². The maximum absolute atomic E-state index is 13.8. The number of nitrogens with zero attached hydrogens (tertiary/aromatic N) is 3. The number of hydrogen-bond donors (Lipinski definition) is 0. The van der Waals surface area contributed by atoms with Gasteiger partial charge in [-0.15, -0.1) is 0 Å². The van der Waals surface area contributed by atoms with Crippen molar-refractivity contribution < 1.29 is 28.4 Å². The molecule has 214 valence electrons. The number of allylic oxidation sites excluding steroid dienone is 1. The summed E-state index contributed by atoms with van der Waals surface area (Å²) in [6.07, 6.45) is 1.16. The minimum Gasteiger partial charge on any atom is -0.465 e. The first kappa shape index (κ1) is 28.4. The highest BCUT2D eigenvalue weighted by Crippen LogP contribution is 2.31. The van der Waals surface area contributed by atoms with Crippen LogP contribution >= 0.6 is 11.3 Å². The van der Waals surface area contributed by atoms with E-state index in [1.54, 1.807) is 75.4 Å². The van der Waals surface area contributed by atoms with E-state index in [1.807, 2.05) is 0 Å². The van der Waals surface area contributed by atoms with Crippen molar-refractivity contribution in [2.75, 3.05) is 7.11 Å². The molecular weight excluding hydrogens is 562 g/mol.